The first kappa shape index (κ1) is 21.8. The van der Waals surface area contributed by atoms with Crippen molar-refractivity contribution in [2.24, 2.45) is 0 Å². The van der Waals surface area contributed by atoms with Crippen LogP contribution < -0.4 is 14.4 Å². The molecular weight excluding hydrogens is 438 g/mol. The average Bonchev–Trinajstić information content (AvgIpc) is 3.22. The number of carbonyl (C=O) groups excluding carboxylic acids is 1. The topological polar surface area (TPSA) is 64.1 Å². The Bertz CT molecular complexity index is 1020. The molecule has 0 saturated carbocycles. The standard InChI is InChI=1S/C22H24ClN3O4S/c1-28-18-6-7-19-20(14-18)31-22(24-19)26(9-8-25-10-12-29-13-11-25)21(27)15-30-17-4-2-16(23)3-5-17/h2-7,14H,8-13,15H2,1H3. The van der Waals surface area contributed by atoms with Gasteiger partial charge in [-0.3, -0.25) is 14.6 Å². The van der Waals surface area contributed by atoms with Crippen molar-refractivity contribution >= 4 is 44.2 Å². The van der Waals surface area contributed by atoms with Gasteiger partial charge in [-0.1, -0.05) is 22.9 Å². The lowest BCUT2D eigenvalue weighted by atomic mass is 10.3. The molecule has 3 aromatic rings. The van der Waals surface area contributed by atoms with Crippen LogP contribution in [0.15, 0.2) is 42.5 Å². The van der Waals surface area contributed by atoms with Crippen LogP contribution in [-0.4, -0.2) is 68.9 Å². The fourth-order valence-corrected chi connectivity index (χ4v) is 4.45. The summed E-state index contributed by atoms with van der Waals surface area (Å²) in [6.45, 7) is 4.35. The number of amides is 1. The van der Waals surface area contributed by atoms with E-state index in [-0.39, 0.29) is 12.5 Å². The molecule has 1 saturated heterocycles. The summed E-state index contributed by atoms with van der Waals surface area (Å²) in [7, 11) is 1.63. The third kappa shape index (κ3) is 5.65. The molecule has 31 heavy (non-hydrogen) atoms. The molecule has 2 heterocycles. The van der Waals surface area contributed by atoms with E-state index in [1.807, 2.05) is 18.2 Å². The molecule has 1 fully saturated rings. The largest absolute Gasteiger partial charge is 0.497 e. The predicted octanol–water partition coefficient (Wildman–Crippen LogP) is 3.70. The van der Waals surface area contributed by atoms with E-state index in [1.165, 1.54) is 11.3 Å². The van der Waals surface area contributed by atoms with Gasteiger partial charge < -0.3 is 14.2 Å². The van der Waals surface area contributed by atoms with E-state index in [9.17, 15) is 4.79 Å². The van der Waals surface area contributed by atoms with Crippen LogP contribution in [0, 0.1) is 0 Å². The Morgan fingerprint density at radius 1 is 1.19 bits per heavy atom. The van der Waals surface area contributed by atoms with Crippen molar-refractivity contribution in [1.82, 2.24) is 9.88 Å². The first-order valence-corrected chi connectivity index (χ1v) is 11.3. The smallest absolute Gasteiger partial charge is 0.266 e. The summed E-state index contributed by atoms with van der Waals surface area (Å²) in [5, 5.41) is 1.27. The molecule has 1 aliphatic rings. The van der Waals surface area contributed by atoms with Crippen LogP contribution in [0.4, 0.5) is 5.13 Å². The molecule has 4 rings (SSSR count). The normalized spacial score (nSPS) is 14.5. The van der Waals surface area contributed by atoms with E-state index in [2.05, 4.69) is 4.90 Å². The Morgan fingerprint density at radius 3 is 2.68 bits per heavy atom. The van der Waals surface area contributed by atoms with Gasteiger partial charge in [0.25, 0.3) is 5.91 Å². The molecule has 0 spiro atoms. The molecular formula is C22H24ClN3O4S. The van der Waals surface area contributed by atoms with E-state index in [0.29, 0.717) is 35.7 Å². The first-order chi connectivity index (χ1) is 15.1. The van der Waals surface area contributed by atoms with Crippen molar-refractivity contribution in [3.8, 4) is 11.5 Å². The highest BCUT2D eigenvalue weighted by Crippen LogP contribution is 2.31. The molecule has 7 nitrogen and oxygen atoms in total. The molecule has 1 aromatic heterocycles. The Morgan fingerprint density at radius 2 is 1.94 bits per heavy atom. The third-order valence-electron chi connectivity index (χ3n) is 5.04. The molecule has 0 aliphatic carbocycles. The van der Waals surface area contributed by atoms with Crippen molar-refractivity contribution in [3.63, 3.8) is 0 Å². The summed E-state index contributed by atoms with van der Waals surface area (Å²) in [6, 6.07) is 12.7. The van der Waals surface area contributed by atoms with E-state index in [4.69, 9.17) is 30.8 Å². The highest BCUT2D eigenvalue weighted by molar-refractivity contribution is 7.22. The minimum atomic E-state index is -0.144. The fraction of sp³-hybridized carbons (Fsp3) is 0.364. The van der Waals surface area contributed by atoms with Crippen LogP contribution in [0.25, 0.3) is 10.2 Å². The van der Waals surface area contributed by atoms with Crippen molar-refractivity contribution < 1.29 is 19.0 Å². The second-order valence-corrected chi connectivity index (χ2v) is 8.52. The number of methoxy groups -OCH3 is 1. The number of anilines is 1. The maximum atomic E-state index is 13.1. The third-order valence-corrected chi connectivity index (χ3v) is 6.33. The molecule has 0 atom stereocenters. The number of hydrogen-bond acceptors (Lipinski definition) is 7. The summed E-state index contributed by atoms with van der Waals surface area (Å²) in [4.78, 5) is 21.8. The number of morpholine rings is 1. The molecule has 0 bridgehead atoms. The van der Waals surface area contributed by atoms with Gasteiger partial charge in [0.15, 0.2) is 11.7 Å². The van der Waals surface area contributed by atoms with Gasteiger partial charge in [0, 0.05) is 31.2 Å². The molecule has 0 N–H and O–H groups in total. The minimum absolute atomic E-state index is 0.0794. The van der Waals surface area contributed by atoms with Crippen molar-refractivity contribution in [2.75, 3.05) is 58.0 Å². The second kappa shape index (κ2) is 10.3. The minimum Gasteiger partial charge on any atom is -0.497 e. The first-order valence-electron chi connectivity index (χ1n) is 10.1. The van der Waals surface area contributed by atoms with Crippen molar-refractivity contribution in [3.05, 3.63) is 47.5 Å². The number of hydrogen-bond donors (Lipinski definition) is 0. The van der Waals surface area contributed by atoms with Crippen LogP contribution in [0.5, 0.6) is 11.5 Å². The van der Waals surface area contributed by atoms with Crippen LogP contribution in [0.3, 0.4) is 0 Å². The Balaban J connectivity index is 1.51. The number of halogens is 1. The molecule has 0 radical (unpaired) electrons. The van der Waals surface area contributed by atoms with Gasteiger partial charge in [-0.25, -0.2) is 4.98 Å². The summed E-state index contributed by atoms with van der Waals surface area (Å²) >= 11 is 7.39. The number of aromatic nitrogens is 1. The van der Waals surface area contributed by atoms with Crippen LogP contribution in [0.2, 0.25) is 5.02 Å². The van der Waals surface area contributed by atoms with Gasteiger partial charge in [-0.15, -0.1) is 0 Å². The summed E-state index contributed by atoms with van der Waals surface area (Å²) in [6.07, 6.45) is 0. The van der Waals surface area contributed by atoms with Crippen LogP contribution >= 0.6 is 22.9 Å². The van der Waals surface area contributed by atoms with E-state index in [1.54, 1.807) is 36.3 Å². The van der Waals surface area contributed by atoms with Crippen molar-refractivity contribution in [1.29, 1.82) is 0 Å². The van der Waals surface area contributed by atoms with Crippen molar-refractivity contribution in [2.45, 2.75) is 0 Å². The van der Waals surface area contributed by atoms with Gasteiger partial charge in [0.2, 0.25) is 0 Å². The molecule has 1 amide bonds. The molecule has 164 valence electrons. The number of benzene rings is 2. The molecule has 9 heteroatoms. The molecule has 1 aliphatic heterocycles. The van der Waals surface area contributed by atoms with E-state index >= 15 is 0 Å². The van der Waals surface area contributed by atoms with E-state index in [0.717, 1.165) is 35.6 Å². The zero-order chi connectivity index (χ0) is 21.6. The number of fused-ring (bicyclic) bond motifs is 1. The summed E-state index contributed by atoms with van der Waals surface area (Å²) in [5.74, 6) is 1.22. The van der Waals surface area contributed by atoms with Crippen LogP contribution in [0.1, 0.15) is 0 Å². The molecule has 2 aromatic carbocycles. The Hall–Kier alpha value is -2.39. The lowest BCUT2D eigenvalue weighted by molar-refractivity contribution is -0.120. The highest BCUT2D eigenvalue weighted by atomic mass is 35.5. The van der Waals surface area contributed by atoms with Gasteiger partial charge >= 0.3 is 0 Å². The summed E-state index contributed by atoms with van der Waals surface area (Å²) < 4.78 is 17.4. The predicted molar refractivity (Wildman–Crippen MR) is 123 cm³/mol. The lowest BCUT2D eigenvalue weighted by Gasteiger charge is -2.29. The van der Waals surface area contributed by atoms with Crippen LogP contribution in [-0.2, 0) is 9.53 Å². The van der Waals surface area contributed by atoms with Gasteiger partial charge in [0.05, 0.1) is 30.5 Å². The Kier molecular flexibility index (Phi) is 7.24. The maximum Gasteiger partial charge on any atom is 0.266 e. The van der Waals surface area contributed by atoms with Gasteiger partial charge in [-0.2, -0.15) is 0 Å². The zero-order valence-electron chi connectivity index (χ0n) is 17.3. The monoisotopic (exact) mass is 461 g/mol. The van der Waals surface area contributed by atoms with Gasteiger partial charge in [0.1, 0.15) is 11.5 Å². The maximum absolute atomic E-state index is 13.1. The average molecular weight is 462 g/mol. The zero-order valence-corrected chi connectivity index (χ0v) is 18.8. The highest BCUT2D eigenvalue weighted by Gasteiger charge is 2.22. The van der Waals surface area contributed by atoms with Gasteiger partial charge in [-0.05, 0) is 42.5 Å². The summed E-state index contributed by atoms with van der Waals surface area (Å²) in [5.41, 5.74) is 0.837. The Labute approximate surface area is 190 Å². The molecule has 0 unspecified atom stereocenters. The SMILES string of the molecule is COc1ccc2nc(N(CCN3CCOCC3)C(=O)COc3ccc(Cl)cc3)sc2c1. The number of nitrogens with zero attached hydrogens (tertiary/aromatic N) is 3. The number of thiazole rings is 1. The number of rotatable bonds is 8. The lowest BCUT2D eigenvalue weighted by Crippen LogP contribution is -2.44. The second-order valence-electron chi connectivity index (χ2n) is 7.07. The number of carbonyl (C=O) groups is 1. The van der Waals surface area contributed by atoms with E-state index < -0.39 is 0 Å². The quantitative estimate of drug-likeness (QED) is 0.509. The fourth-order valence-electron chi connectivity index (χ4n) is 3.28. The number of ether oxygens (including phenoxy) is 3.